The number of benzene rings is 1. The maximum atomic E-state index is 12.6. The number of carbonyl (C=O) groups is 1. The summed E-state index contributed by atoms with van der Waals surface area (Å²) in [5.41, 5.74) is 1.01. The van der Waals surface area contributed by atoms with Crippen molar-refractivity contribution in [2.75, 3.05) is 12.3 Å². The number of nitrogens with zero attached hydrogens (tertiary/aromatic N) is 1. The van der Waals surface area contributed by atoms with E-state index in [2.05, 4.69) is 0 Å². The van der Waals surface area contributed by atoms with Gasteiger partial charge in [-0.25, -0.2) is 8.42 Å². The Morgan fingerprint density at radius 2 is 1.95 bits per heavy atom. The summed E-state index contributed by atoms with van der Waals surface area (Å²) in [4.78, 5) is 11.9. The van der Waals surface area contributed by atoms with Gasteiger partial charge < -0.3 is 0 Å². The highest BCUT2D eigenvalue weighted by molar-refractivity contribution is 8.01. The highest BCUT2D eigenvalue weighted by Crippen LogP contribution is 2.29. The van der Waals surface area contributed by atoms with Gasteiger partial charge in [0.05, 0.1) is 4.90 Å². The van der Waals surface area contributed by atoms with E-state index < -0.39 is 15.4 Å². The Hall–Kier alpha value is -0.850. The molecule has 1 unspecified atom stereocenters. The largest absolute Gasteiger partial charge is 0.297 e. The Kier molecular flexibility index (Phi) is 4.32. The molecule has 1 aromatic carbocycles. The van der Waals surface area contributed by atoms with Gasteiger partial charge in [0.2, 0.25) is 10.0 Å². The molecule has 2 rings (SSSR count). The molecule has 6 heteroatoms. The molecule has 104 valence electrons. The first-order valence-corrected chi connectivity index (χ1v) is 8.62. The quantitative estimate of drug-likeness (QED) is 0.857. The fourth-order valence-electron chi connectivity index (χ4n) is 2.03. The molecule has 1 aliphatic rings. The number of hydrogen-bond donors (Lipinski definition) is 0. The van der Waals surface area contributed by atoms with E-state index in [4.69, 9.17) is 0 Å². The van der Waals surface area contributed by atoms with Gasteiger partial charge in [0, 0.05) is 6.54 Å². The van der Waals surface area contributed by atoms with Crippen LogP contribution in [-0.4, -0.2) is 36.2 Å². The van der Waals surface area contributed by atoms with Crippen molar-refractivity contribution >= 4 is 27.6 Å². The lowest BCUT2D eigenvalue weighted by molar-refractivity contribution is -0.118. The van der Waals surface area contributed by atoms with Crippen LogP contribution in [0.1, 0.15) is 18.9 Å². The van der Waals surface area contributed by atoms with Crippen LogP contribution in [0.3, 0.4) is 0 Å². The Balaban J connectivity index is 2.37. The van der Waals surface area contributed by atoms with E-state index in [1.807, 2.05) is 6.92 Å². The molecule has 0 aromatic heterocycles. The van der Waals surface area contributed by atoms with Crippen LogP contribution >= 0.6 is 11.8 Å². The van der Waals surface area contributed by atoms with Crippen molar-refractivity contribution in [2.24, 2.45) is 0 Å². The Labute approximate surface area is 118 Å². The van der Waals surface area contributed by atoms with Crippen molar-refractivity contribution in [3.8, 4) is 0 Å². The zero-order chi connectivity index (χ0) is 14.0. The number of Topliss-reactive ketones (excluding diaryl/α,β-unsaturated/α-hetero) is 1. The monoisotopic (exact) mass is 299 g/mol. The average Bonchev–Trinajstić information content (AvgIpc) is 2.39. The number of rotatable bonds is 3. The molecule has 0 amide bonds. The Bertz CT molecular complexity index is 566. The molecule has 1 saturated heterocycles. The predicted molar refractivity (Wildman–Crippen MR) is 76.6 cm³/mol. The van der Waals surface area contributed by atoms with E-state index in [0.29, 0.717) is 6.54 Å². The summed E-state index contributed by atoms with van der Waals surface area (Å²) in [6, 6.07) is 6.74. The van der Waals surface area contributed by atoms with Crippen LogP contribution in [0.15, 0.2) is 29.2 Å². The van der Waals surface area contributed by atoms with E-state index in [0.717, 1.165) is 17.7 Å². The summed E-state index contributed by atoms with van der Waals surface area (Å²) in [7, 11) is -3.58. The summed E-state index contributed by atoms with van der Waals surface area (Å²) in [6.07, 6.45) is 0.777. The fourth-order valence-corrected chi connectivity index (χ4v) is 5.10. The molecule has 1 heterocycles. The second-order valence-corrected chi connectivity index (χ2v) is 7.69. The minimum atomic E-state index is -3.58. The molecular formula is C13H17NO3S2. The highest BCUT2D eigenvalue weighted by atomic mass is 32.2. The molecular weight excluding hydrogens is 282 g/mol. The van der Waals surface area contributed by atoms with Crippen LogP contribution in [0, 0.1) is 6.92 Å². The number of thioether (sulfide) groups is 1. The van der Waals surface area contributed by atoms with Gasteiger partial charge in [0.15, 0.2) is 5.78 Å². The summed E-state index contributed by atoms with van der Waals surface area (Å²) in [5.74, 6) is 0.713. The van der Waals surface area contributed by atoms with Gasteiger partial charge in [-0.3, -0.25) is 4.79 Å². The molecule has 0 N–H and O–H groups in total. The molecule has 1 aromatic rings. The summed E-state index contributed by atoms with van der Waals surface area (Å²) in [6.45, 7) is 3.76. The van der Waals surface area contributed by atoms with Crippen molar-refractivity contribution in [3.05, 3.63) is 29.8 Å². The van der Waals surface area contributed by atoms with Crippen LogP contribution in [0.2, 0.25) is 0 Å². The summed E-state index contributed by atoms with van der Waals surface area (Å²) >= 11 is 1.40. The number of ketones is 1. The number of hydrogen-bond acceptors (Lipinski definition) is 4. The molecule has 1 aliphatic heterocycles. The smallest absolute Gasteiger partial charge is 0.244 e. The maximum absolute atomic E-state index is 12.6. The van der Waals surface area contributed by atoms with Gasteiger partial charge in [-0.15, -0.1) is 11.8 Å². The minimum absolute atomic E-state index is 0.111. The molecule has 1 atom stereocenters. The lowest BCUT2D eigenvalue weighted by atomic mass is 10.2. The van der Waals surface area contributed by atoms with Gasteiger partial charge in [0.25, 0.3) is 0 Å². The summed E-state index contributed by atoms with van der Waals surface area (Å²) in [5, 5.41) is -0.583. The van der Waals surface area contributed by atoms with E-state index in [-0.39, 0.29) is 10.7 Å². The van der Waals surface area contributed by atoms with Crippen molar-refractivity contribution < 1.29 is 13.2 Å². The zero-order valence-corrected chi connectivity index (χ0v) is 12.6. The number of sulfonamides is 1. The Morgan fingerprint density at radius 3 is 2.53 bits per heavy atom. The van der Waals surface area contributed by atoms with Crippen molar-refractivity contribution in [3.63, 3.8) is 0 Å². The van der Waals surface area contributed by atoms with E-state index in [1.54, 1.807) is 24.3 Å². The zero-order valence-electron chi connectivity index (χ0n) is 11.0. The fraction of sp³-hybridized carbons (Fsp3) is 0.462. The van der Waals surface area contributed by atoms with Crippen LogP contribution in [-0.2, 0) is 14.8 Å². The SMILES string of the molecule is CC(=O)C1SCCCN1S(=O)(=O)c1ccc(C)cc1. The van der Waals surface area contributed by atoms with Crippen LogP contribution in [0.5, 0.6) is 0 Å². The normalized spacial score (nSPS) is 21.3. The van der Waals surface area contributed by atoms with Gasteiger partial charge in [0.1, 0.15) is 5.37 Å². The first-order chi connectivity index (χ1) is 8.93. The van der Waals surface area contributed by atoms with Gasteiger partial charge >= 0.3 is 0 Å². The molecule has 0 bridgehead atoms. The standard InChI is InChI=1S/C13H17NO3S2/c1-10-4-6-12(7-5-10)19(16,17)14-8-3-9-18-13(14)11(2)15/h4-7,13H,3,8-9H2,1-2H3. The third-order valence-electron chi connectivity index (χ3n) is 3.04. The van der Waals surface area contributed by atoms with Crippen LogP contribution in [0.4, 0.5) is 0 Å². The first-order valence-electron chi connectivity index (χ1n) is 6.13. The number of carbonyl (C=O) groups excluding carboxylic acids is 1. The lowest BCUT2D eigenvalue weighted by Gasteiger charge is -2.32. The van der Waals surface area contributed by atoms with E-state index in [1.165, 1.54) is 23.0 Å². The molecule has 0 spiro atoms. The molecule has 0 saturated carbocycles. The minimum Gasteiger partial charge on any atom is -0.297 e. The first kappa shape index (κ1) is 14.6. The number of aryl methyl sites for hydroxylation is 1. The van der Waals surface area contributed by atoms with E-state index in [9.17, 15) is 13.2 Å². The van der Waals surface area contributed by atoms with Crippen molar-refractivity contribution in [2.45, 2.75) is 30.5 Å². The Morgan fingerprint density at radius 1 is 1.32 bits per heavy atom. The van der Waals surface area contributed by atoms with Gasteiger partial charge in [-0.05, 0) is 38.2 Å². The lowest BCUT2D eigenvalue weighted by Crippen LogP contribution is -2.45. The summed E-state index contributed by atoms with van der Waals surface area (Å²) < 4.78 is 26.5. The maximum Gasteiger partial charge on any atom is 0.244 e. The second kappa shape index (κ2) is 5.64. The predicted octanol–water partition coefficient (Wildman–Crippen LogP) is 2.04. The van der Waals surface area contributed by atoms with Crippen molar-refractivity contribution in [1.82, 2.24) is 4.31 Å². The van der Waals surface area contributed by atoms with Gasteiger partial charge in [-0.1, -0.05) is 17.7 Å². The molecule has 19 heavy (non-hydrogen) atoms. The second-order valence-electron chi connectivity index (χ2n) is 4.62. The van der Waals surface area contributed by atoms with Crippen molar-refractivity contribution in [1.29, 1.82) is 0 Å². The molecule has 0 radical (unpaired) electrons. The van der Waals surface area contributed by atoms with Crippen LogP contribution < -0.4 is 0 Å². The van der Waals surface area contributed by atoms with Gasteiger partial charge in [-0.2, -0.15) is 4.31 Å². The highest BCUT2D eigenvalue weighted by Gasteiger charge is 2.36. The third kappa shape index (κ3) is 3.01. The average molecular weight is 299 g/mol. The molecule has 4 nitrogen and oxygen atoms in total. The van der Waals surface area contributed by atoms with Crippen LogP contribution in [0.25, 0.3) is 0 Å². The molecule has 1 fully saturated rings. The topological polar surface area (TPSA) is 54.5 Å². The van der Waals surface area contributed by atoms with E-state index >= 15 is 0 Å². The third-order valence-corrected chi connectivity index (χ3v) is 6.47. The molecule has 0 aliphatic carbocycles.